The number of nitrogens with zero attached hydrogens (tertiary/aromatic N) is 1. The van der Waals surface area contributed by atoms with Gasteiger partial charge in [0, 0.05) is 24.0 Å². The van der Waals surface area contributed by atoms with Gasteiger partial charge in [-0.15, -0.1) is 0 Å². The highest BCUT2D eigenvalue weighted by Gasteiger charge is 2.57. The molecular weight excluding hydrogens is 328 g/mol. The summed E-state index contributed by atoms with van der Waals surface area (Å²) in [6.45, 7) is 5.45. The van der Waals surface area contributed by atoms with E-state index in [2.05, 4.69) is 40.1 Å². The standard InChI is InChI=1S/C14H18BrClN2O/c1-14(2)11(9-4-3-5-19-12(9)14)18-8-6-10(15)13(16)17-7-8/h6-7,9,11-12,18H,3-5H2,1-2H3. The predicted molar refractivity (Wildman–Crippen MR) is 80.6 cm³/mol. The van der Waals surface area contributed by atoms with E-state index in [0.717, 1.165) is 23.2 Å². The molecule has 5 heteroatoms. The van der Waals surface area contributed by atoms with Crippen LogP contribution in [-0.2, 0) is 4.74 Å². The smallest absolute Gasteiger partial charge is 0.143 e. The van der Waals surface area contributed by atoms with E-state index in [1.165, 1.54) is 6.42 Å². The summed E-state index contributed by atoms with van der Waals surface area (Å²) in [7, 11) is 0. The van der Waals surface area contributed by atoms with Crippen molar-refractivity contribution in [3.63, 3.8) is 0 Å². The third kappa shape index (κ3) is 2.28. The van der Waals surface area contributed by atoms with Crippen molar-refractivity contribution in [3.8, 4) is 0 Å². The number of halogens is 2. The molecule has 0 amide bonds. The van der Waals surface area contributed by atoms with E-state index in [4.69, 9.17) is 16.3 Å². The zero-order valence-corrected chi connectivity index (χ0v) is 13.5. The molecule has 3 rings (SSSR count). The Morgan fingerprint density at radius 1 is 1.53 bits per heavy atom. The molecule has 2 fully saturated rings. The van der Waals surface area contributed by atoms with Crippen LogP contribution >= 0.6 is 27.5 Å². The van der Waals surface area contributed by atoms with Gasteiger partial charge in [0.15, 0.2) is 0 Å². The van der Waals surface area contributed by atoms with Crippen LogP contribution in [0.1, 0.15) is 26.7 Å². The van der Waals surface area contributed by atoms with Gasteiger partial charge < -0.3 is 10.1 Å². The van der Waals surface area contributed by atoms with Crippen molar-refractivity contribution >= 4 is 33.2 Å². The Morgan fingerprint density at radius 3 is 3.05 bits per heavy atom. The number of aromatic nitrogens is 1. The topological polar surface area (TPSA) is 34.2 Å². The summed E-state index contributed by atoms with van der Waals surface area (Å²) in [4.78, 5) is 4.17. The Morgan fingerprint density at radius 2 is 2.32 bits per heavy atom. The van der Waals surface area contributed by atoms with Crippen LogP contribution < -0.4 is 5.32 Å². The molecule has 1 saturated carbocycles. The number of hydrogen-bond donors (Lipinski definition) is 1. The average Bonchev–Trinajstić information content (AvgIpc) is 2.40. The summed E-state index contributed by atoms with van der Waals surface area (Å²) in [5.74, 6) is 0.609. The second-order valence-corrected chi connectivity index (χ2v) is 7.25. The van der Waals surface area contributed by atoms with Crippen molar-refractivity contribution in [2.45, 2.75) is 38.8 Å². The van der Waals surface area contributed by atoms with Gasteiger partial charge in [0.05, 0.1) is 22.5 Å². The van der Waals surface area contributed by atoms with E-state index in [9.17, 15) is 0 Å². The Kier molecular flexibility index (Phi) is 3.52. The van der Waals surface area contributed by atoms with Gasteiger partial charge in [-0.3, -0.25) is 0 Å². The van der Waals surface area contributed by atoms with E-state index < -0.39 is 0 Å². The van der Waals surface area contributed by atoms with Crippen LogP contribution in [0.4, 0.5) is 5.69 Å². The first kappa shape index (κ1) is 13.7. The normalized spacial score (nSPS) is 32.3. The van der Waals surface area contributed by atoms with Gasteiger partial charge in [-0.05, 0) is 34.8 Å². The van der Waals surface area contributed by atoms with Crippen molar-refractivity contribution in [1.82, 2.24) is 4.98 Å². The molecule has 0 bridgehead atoms. The quantitative estimate of drug-likeness (QED) is 0.819. The number of hydrogen-bond acceptors (Lipinski definition) is 3. The van der Waals surface area contributed by atoms with Crippen LogP contribution in [0, 0.1) is 11.3 Å². The minimum atomic E-state index is 0.164. The zero-order valence-electron chi connectivity index (χ0n) is 11.1. The molecule has 0 radical (unpaired) electrons. The Hall–Kier alpha value is -0.320. The van der Waals surface area contributed by atoms with Crippen LogP contribution in [0.25, 0.3) is 0 Å². The lowest BCUT2D eigenvalue weighted by molar-refractivity contribution is -0.177. The molecule has 1 aliphatic heterocycles. The summed E-state index contributed by atoms with van der Waals surface area (Å²) in [5, 5.41) is 4.10. The highest BCUT2D eigenvalue weighted by atomic mass is 79.9. The number of pyridine rings is 1. The minimum Gasteiger partial charge on any atom is -0.380 e. The summed E-state index contributed by atoms with van der Waals surface area (Å²) in [6.07, 6.45) is 4.59. The molecule has 104 valence electrons. The lowest BCUT2D eigenvalue weighted by atomic mass is 9.55. The van der Waals surface area contributed by atoms with Gasteiger partial charge in [0.2, 0.25) is 0 Å². The predicted octanol–water partition coefficient (Wildman–Crippen LogP) is 4.11. The molecule has 0 aromatic carbocycles. The third-order valence-electron chi connectivity index (χ3n) is 4.45. The van der Waals surface area contributed by atoms with Crippen LogP contribution in [0.3, 0.4) is 0 Å². The van der Waals surface area contributed by atoms with Gasteiger partial charge in [-0.1, -0.05) is 25.4 Å². The van der Waals surface area contributed by atoms with Gasteiger partial charge in [0.1, 0.15) is 5.15 Å². The lowest BCUT2D eigenvalue weighted by Gasteiger charge is -2.60. The first-order valence-corrected chi connectivity index (χ1v) is 7.86. The van der Waals surface area contributed by atoms with Crippen LogP contribution in [-0.4, -0.2) is 23.7 Å². The van der Waals surface area contributed by atoms with Crippen molar-refractivity contribution < 1.29 is 4.74 Å². The van der Waals surface area contributed by atoms with Crippen molar-refractivity contribution in [2.24, 2.45) is 11.3 Å². The number of fused-ring (bicyclic) bond motifs is 1. The van der Waals surface area contributed by atoms with Crippen molar-refractivity contribution in [3.05, 3.63) is 21.9 Å². The van der Waals surface area contributed by atoms with Crippen LogP contribution in [0.2, 0.25) is 5.15 Å². The molecule has 1 N–H and O–H groups in total. The van der Waals surface area contributed by atoms with Gasteiger partial charge in [-0.25, -0.2) is 4.98 Å². The Bertz CT molecular complexity index is 494. The number of anilines is 1. The SMILES string of the molecule is CC1(C)C(Nc2cnc(Cl)c(Br)c2)C2CCCOC21. The number of nitrogens with one attached hydrogen (secondary N) is 1. The maximum Gasteiger partial charge on any atom is 0.143 e. The van der Waals surface area contributed by atoms with E-state index >= 15 is 0 Å². The Labute approximate surface area is 127 Å². The fraction of sp³-hybridized carbons (Fsp3) is 0.643. The van der Waals surface area contributed by atoms with Gasteiger partial charge in [-0.2, -0.15) is 0 Å². The molecule has 3 atom stereocenters. The number of rotatable bonds is 2. The van der Waals surface area contributed by atoms with E-state index in [0.29, 0.717) is 23.2 Å². The summed E-state index contributed by atoms with van der Waals surface area (Å²) in [5.41, 5.74) is 1.18. The molecule has 3 unspecified atom stereocenters. The second-order valence-electron chi connectivity index (χ2n) is 6.04. The Balaban J connectivity index is 1.77. The minimum absolute atomic E-state index is 0.164. The number of ether oxygens (including phenoxy) is 1. The third-order valence-corrected chi connectivity index (χ3v) is 5.58. The fourth-order valence-electron chi connectivity index (χ4n) is 3.50. The second kappa shape index (κ2) is 4.90. The summed E-state index contributed by atoms with van der Waals surface area (Å²) in [6, 6.07) is 2.43. The monoisotopic (exact) mass is 344 g/mol. The van der Waals surface area contributed by atoms with Gasteiger partial charge >= 0.3 is 0 Å². The molecular formula is C14H18BrClN2O. The van der Waals surface area contributed by atoms with Crippen molar-refractivity contribution in [1.29, 1.82) is 0 Å². The molecule has 3 nitrogen and oxygen atoms in total. The van der Waals surface area contributed by atoms with Gasteiger partial charge in [0.25, 0.3) is 0 Å². The van der Waals surface area contributed by atoms with Crippen molar-refractivity contribution in [2.75, 3.05) is 11.9 Å². The maximum absolute atomic E-state index is 5.93. The molecule has 2 heterocycles. The first-order chi connectivity index (χ1) is 9.00. The molecule has 1 saturated heterocycles. The lowest BCUT2D eigenvalue weighted by Crippen LogP contribution is -2.67. The average molecular weight is 346 g/mol. The largest absolute Gasteiger partial charge is 0.380 e. The van der Waals surface area contributed by atoms with E-state index in [-0.39, 0.29) is 5.41 Å². The molecule has 2 aliphatic rings. The molecule has 0 spiro atoms. The summed E-state index contributed by atoms with van der Waals surface area (Å²) >= 11 is 9.34. The molecule has 1 aromatic heterocycles. The van der Waals surface area contributed by atoms with E-state index in [1.54, 1.807) is 6.20 Å². The van der Waals surface area contributed by atoms with E-state index in [1.807, 2.05) is 6.07 Å². The zero-order chi connectivity index (χ0) is 13.6. The highest BCUT2D eigenvalue weighted by Crippen LogP contribution is 2.52. The fourth-order valence-corrected chi connectivity index (χ4v) is 3.95. The first-order valence-electron chi connectivity index (χ1n) is 6.69. The maximum atomic E-state index is 5.93. The highest BCUT2D eigenvalue weighted by molar-refractivity contribution is 9.10. The van der Waals surface area contributed by atoms with Crippen LogP contribution in [0.5, 0.6) is 0 Å². The molecule has 1 aromatic rings. The summed E-state index contributed by atoms with van der Waals surface area (Å²) < 4.78 is 6.74. The molecule has 1 aliphatic carbocycles. The molecule has 19 heavy (non-hydrogen) atoms. The van der Waals surface area contributed by atoms with Crippen LogP contribution in [0.15, 0.2) is 16.7 Å².